The van der Waals surface area contributed by atoms with Crippen molar-refractivity contribution in [3.05, 3.63) is 0 Å². The Morgan fingerprint density at radius 1 is 1.28 bits per heavy atom. The molecule has 0 spiro atoms. The standard InChI is InChI=1S/C14H25NO3/c1-11(2)15(10-6-7-12(16)17)13(18)14(3)8-4-5-9-14/h11H,4-10H2,1-3H3,(H,16,17). The van der Waals surface area contributed by atoms with Gasteiger partial charge < -0.3 is 10.0 Å². The van der Waals surface area contributed by atoms with Gasteiger partial charge in [0, 0.05) is 24.4 Å². The number of amides is 1. The molecule has 1 aliphatic carbocycles. The molecule has 0 radical (unpaired) electrons. The number of carboxylic acids is 1. The molecule has 1 saturated carbocycles. The highest BCUT2D eigenvalue weighted by atomic mass is 16.4. The number of hydrogen-bond acceptors (Lipinski definition) is 2. The average molecular weight is 255 g/mol. The maximum atomic E-state index is 12.6. The maximum absolute atomic E-state index is 12.6. The van der Waals surface area contributed by atoms with E-state index in [2.05, 4.69) is 6.92 Å². The average Bonchev–Trinajstić information content (AvgIpc) is 2.71. The Kier molecular flexibility index (Phi) is 5.17. The van der Waals surface area contributed by atoms with Crippen molar-refractivity contribution in [2.45, 2.75) is 65.3 Å². The van der Waals surface area contributed by atoms with E-state index in [9.17, 15) is 9.59 Å². The summed E-state index contributed by atoms with van der Waals surface area (Å²) in [7, 11) is 0. The van der Waals surface area contributed by atoms with Gasteiger partial charge in [0.25, 0.3) is 0 Å². The zero-order valence-electron chi connectivity index (χ0n) is 11.7. The van der Waals surface area contributed by atoms with Gasteiger partial charge in [0.15, 0.2) is 0 Å². The van der Waals surface area contributed by atoms with E-state index in [-0.39, 0.29) is 23.8 Å². The van der Waals surface area contributed by atoms with Gasteiger partial charge in [0.05, 0.1) is 0 Å². The van der Waals surface area contributed by atoms with Crippen LogP contribution < -0.4 is 0 Å². The zero-order valence-corrected chi connectivity index (χ0v) is 11.7. The Balaban J connectivity index is 2.60. The van der Waals surface area contributed by atoms with Gasteiger partial charge in [-0.05, 0) is 33.1 Å². The van der Waals surface area contributed by atoms with Crippen molar-refractivity contribution in [1.82, 2.24) is 4.90 Å². The van der Waals surface area contributed by atoms with Crippen LogP contribution in [-0.2, 0) is 9.59 Å². The second kappa shape index (κ2) is 6.21. The summed E-state index contributed by atoms with van der Waals surface area (Å²) in [6.07, 6.45) is 4.86. The predicted molar refractivity (Wildman–Crippen MR) is 70.3 cm³/mol. The number of carbonyl (C=O) groups is 2. The van der Waals surface area contributed by atoms with Gasteiger partial charge in [-0.2, -0.15) is 0 Å². The first-order valence-electron chi connectivity index (χ1n) is 6.90. The van der Waals surface area contributed by atoms with Crippen LogP contribution in [0.25, 0.3) is 0 Å². The second-order valence-electron chi connectivity index (χ2n) is 5.86. The molecule has 0 aromatic carbocycles. The fourth-order valence-electron chi connectivity index (χ4n) is 2.71. The highest BCUT2D eigenvalue weighted by Gasteiger charge is 2.39. The van der Waals surface area contributed by atoms with Crippen molar-refractivity contribution in [2.24, 2.45) is 5.41 Å². The number of carboxylic acid groups (broad SMARTS) is 1. The maximum Gasteiger partial charge on any atom is 0.303 e. The molecule has 4 nitrogen and oxygen atoms in total. The monoisotopic (exact) mass is 255 g/mol. The van der Waals surface area contributed by atoms with Crippen molar-refractivity contribution in [1.29, 1.82) is 0 Å². The zero-order chi connectivity index (χ0) is 13.8. The molecule has 0 atom stereocenters. The third-order valence-electron chi connectivity index (χ3n) is 3.90. The minimum Gasteiger partial charge on any atom is -0.481 e. The van der Waals surface area contributed by atoms with Crippen molar-refractivity contribution < 1.29 is 14.7 Å². The molecule has 0 saturated heterocycles. The minimum absolute atomic E-state index is 0.132. The van der Waals surface area contributed by atoms with E-state index in [1.165, 1.54) is 0 Å². The third-order valence-corrected chi connectivity index (χ3v) is 3.90. The summed E-state index contributed by atoms with van der Waals surface area (Å²) in [4.78, 5) is 25.0. The first kappa shape index (κ1) is 15.0. The summed E-state index contributed by atoms with van der Waals surface area (Å²) >= 11 is 0. The molecular formula is C14H25NO3. The van der Waals surface area contributed by atoms with Crippen molar-refractivity contribution >= 4 is 11.9 Å². The van der Waals surface area contributed by atoms with E-state index in [0.29, 0.717) is 13.0 Å². The van der Waals surface area contributed by atoms with Crippen LogP contribution in [-0.4, -0.2) is 34.5 Å². The van der Waals surface area contributed by atoms with Crippen LogP contribution in [0.15, 0.2) is 0 Å². The fraction of sp³-hybridized carbons (Fsp3) is 0.857. The summed E-state index contributed by atoms with van der Waals surface area (Å²) in [5, 5.41) is 8.66. The van der Waals surface area contributed by atoms with Gasteiger partial charge in [-0.1, -0.05) is 19.8 Å². The lowest BCUT2D eigenvalue weighted by Crippen LogP contribution is -2.45. The van der Waals surface area contributed by atoms with Crippen molar-refractivity contribution in [2.75, 3.05) is 6.54 Å². The number of hydrogen-bond donors (Lipinski definition) is 1. The molecule has 0 aromatic rings. The molecule has 4 heteroatoms. The Morgan fingerprint density at radius 3 is 2.28 bits per heavy atom. The number of rotatable bonds is 6. The van der Waals surface area contributed by atoms with E-state index in [1.807, 2.05) is 18.7 Å². The SMILES string of the molecule is CC(C)N(CCCC(=O)O)C(=O)C1(C)CCCC1. The second-order valence-corrected chi connectivity index (χ2v) is 5.86. The Hall–Kier alpha value is -1.06. The molecule has 1 fully saturated rings. The molecule has 1 N–H and O–H groups in total. The number of carbonyl (C=O) groups excluding carboxylic acids is 1. The van der Waals surface area contributed by atoms with Crippen LogP contribution in [0.4, 0.5) is 0 Å². The fourth-order valence-corrected chi connectivity index (χ4v) is 2.71. The molecule has 104 valence electrons. The van der Waals surface area contributed by atoms with Gasteiger partial charge in [-0.3, -0.25) is 9.59 Å². The molecular weight excluding hydrogens is 230 g/mol. The minimum atomic E-state index is -0.793. The predicted octanol–water partition coefficient (Wildman–Crippen LogP) is 2.67. The van der Waals surface area contributed by atoms with E-state index in [1.54, 1.807) is 0 Å². The summed E-state index contributed by atoms with van der Waals surface area (Å²) in [5.74, 6) is -0.585. The molecule has 0 heterocycles. The quantitative estimate of drug-likeness (QED) is 0.793. The number of nitrogens with zero attached hydrogens (tertiary/aromatic N) is 1. The molecule has 0 aliphatic heterocycles. The van der Waals surface area contributed by atoms with Crippen molar-refractivity contribution in [3.63, 3.8) is 0 Å². The summed E-state index contributed by atoms with van der Waals surface area (Å²) < 4.78 is 0. The largest absolute Gasteiger partial charge is 0.481 e. The lowest BCUT2D eigenvalue weighted by Gasteiger charge is -2.34. The van der Waals surface area contributed by atoms with Gasteiger partial charge in [0.2, 0.25) is 5.91 Å². The highest BCUT2D eigenvalue weighted by molar-refractivity contribution is 5.83. The van der Waals surface area contributed by atoms with Crippen LogP contribution in [0.5, 0.6) is 0 Å². The van der Waals surface area contributed by atoms with E-state index >= 15 is 0 Å². The van der Waals surface area contributed by atoms with E-state index < -0.39 is 5.97 Å². The van der Waals surface area contributed by atoms with E-state index in [4.69, 9.17) is 5.11 Å². The third kappa shape index (κ3) is 3.72. The van der Waals surface area contributed by atoms with Crippen LogP contribution in [0, 0.1) is 5.41 Å². The smallest absolute Gasteiger partial charge is 0.303 e. The van der Waals surface area contributed by atoms with Gasteiger partial charge >= 0.3 is 5.97 Å². The topological polar surface area (TPSA) is 57.6 Å². The highest BCUT2D eigenvalue weighted by Crippen LogP contribution is 2.39. The Morgan fingerprint density at radius 2 is 1.83 bits per heavy atom. The lowest BCUT2D eigenvalue weighted by molar-refractivity contribution is -0.144. The molecule has 18 heavy (non-hydrogen) atoms. The van der Waals surface area contributed by atoms with Crippen LogP contribution in [0.3, 0.4) is 0 Å². The van der Waals surface area contributed by atoms with Gasteiger partial charge in [0.1, 0.15) is 0 Å². The van der Waals surface area contributed by atoms with Crippen molar-refractivity contribution in [3.8, 4) is 0 Å². The summed E-state index contributed by atoms with van der Waals surface area (Å²) in [6, 6.07) is 0.142. The number of aliphatic carboxylic acids is 1. The van der Waals surface area contributed by atoms with Crippen LogP contribution >= 0.6 is 0 Å². The normalized spacial score (nSPS) is 18.0. The molecule has 1 aliphatic rings. The van der Waals surface area contributed by atoms with Gasteiger partial charge in [-0.25, -0.2) is 0 Å². The lowest BCUT2D eigenvalue weighted by atomic mass is 9.86. The van der Waals surface area contributed by atoms with E-state index in [0.717, 1.165) is 25.7 Å². The first-order chi connectivity index (χ1) is 8.37. The van der Waals surface area contributed by atoms with Gasteiger partial charge in [-0.15, -0.1) is 0 Å². The van der Waals surface area contributed by atoms with Crippen LogP contribution in [0.2, 0.25) is 0 Å². The van der Waals surface area contributed by atoms with Crippen LogP contribution in [0.1, 0.15) is 59.3 Å². The summed E-state index contributed by atoms with van der Waals surface area (Å²) in [6.45, 7) is 6.60. The summed E-state index contributed by atoms with van der Waals surface area (Å²) in [5.41, 5.74) is -0.215. The Labute approximate surface area is 109 Å². The molecule has 0 bridgehead atoms. The molecule has 0 aromatic heterocycles. The molecule has 0 unspecified atom stereocenters. The molecule has 1 amide bonds. The molecule has 1 rings (SSSR count). The Bertz CT molecular complexity index is 306. The first-order valence-corrected chi connectivity index (χ1v) is 6.90.